The van der Waals surface area contributed by atoms with Gasteiger partial charge in [-0.1, -0.05) is 12.6 Å². The van der Waals surface area contributed by atoms with Gasteiger partial charge in [0, 0.05) is 11.6 Å². The van der Waals surface area contributed by atoms with E-state index in [4.69, 9.17) is 19.9 Å². The van der Waals surface area contributed by atoms with Crippen LogP contribution in [0.4, 0.5) is 0 Å². The lowest BCUT2D eigenvalue weighted by atomic mass is 10.0. The molecule has 0 aliphatic heterocycles. The lowest BCUT2D eigenvalue weighted by molar-refractivity contribution is -0.138. The first kappa shape index (κ1) is 16.0. The third kappa shape index (κ3) is 3.99. The molecule has 2 N–H and O–H groups in total. The molecule has 0 saturated carbocycles. The van der Waals surface area contributed by atoms with E-state index in [0.29, 0.717) is 24.5 Å². The molecule has 110 valence electrons. The molecule has 0 aliphatic carbocycles. The normalized spacial score (nSPS) is 11.6. The van der Waals surface area contributed by atoms with Crippen molar-refractivity contribution in [3.05, 3.63) is 35.9 Å². The molecule has 1 aromatic rings. The number of esters is 1. The Balaban J connectivity index is 2.77. The van der Waals surface area contributed by atoms with Crippen molar-refractivity contribution in [3.63, 3.8) is 0 Å². The molecule has 0 fully saturated rings. The molecule has 20 heavy (non-hydrogen) atoms. The first-order valence-corrected chi connectivity index (χ1v) is 6.35. The zero-order valence-electron chi connectivity index (χ0n) is 12.1. The summed E-state index contributed by atoms with van der Waals surface area (Å²) in [5.74, 6) is 0.813. The molecule has 5 heteroatoms. The fourth-order valence-electron chi connectivity index (χ4n) is 1.76. The Kier molecular flexibility index (Phi) is 6.06. The number of methoxy groups -OCH3 is 2. The summed E-state index contributed by atoms with van der Waals surface area (Å²) < 4.78 is 15.3. The first-order chi connectivity index (χ1) is 9.53. The van der Waals surface area contributed by atoms with E-state index in [1.807, 2.05) is 12.1 Å². The molecule has 1 aromatic carbocycles. The number of rotatable bonds is 7. The third-order valence-corrected chi connectivity index (χ3v) is 2.89. The standard InChI is InChI=1S/C15H21NO4/c1-5-20-15(17)10(2)12(16)8-11-6-7-13(18-3)14(9-11)19-4/h6-7,9,12H,2,5,8,16H2,1,3-4H3. The van der Waals surface area contributed by atoms with Crippen molar-refractivity contribution in [3.8, 4) is 11.5 Å². The number of hydrogen-bond donors (Lipinski definition) is 1. The maximum atomic E-state index is 11.6. The Morgan fingerprint density at radius 1 is 1.30 bits per heavy atom. The highest BCUT2D eigenvalue weighted by Crippen LogP contribution is 2.28. The van der Waals surface area contributed by atoms with Gasteiger partial charge in [-0.15, -0.1) is 0 Å². The summed E-state index contributed by atoms with van der Waals surface area (Å²) in [6.07, 6.45) is 0.470. The summed E-state index contributed by atoms with van der Waals surface area (Å²) in [6, 6.07) is 5.01. The minimum absolute atomic E-state index is 0.265. The molecule has 0 heterocycles. The molecule has 1 rings (SSSR count). The molecule has 1 unspecified atom stereocenters. The molecule has 0 spiro atoms. The topological polar surface area (TPSA) is 70.8 Å². The lowest BCUT2D eigenvalue weighted by Gasteiger charge is -2.15. The van der Waals surface area contributed by atoms with Gasteiger partial charge in [-0.3, -0.25) is 0 Å². The maximum Gasteiger partial charge on any atom is 0.334 e. The monoisotopic (exact) mass is 279 g/mol. The van der Waals surface area contributed by atoms with Crippen molar-refractivity contribution in [1.82, 2.24) is 0 Å². The lowest BCUT2D eigenvalue weighted by Crippen LogP contribution is -2.30. The van der Waals surface area contributed by atoms with E-state index < -0.39 is 12.0 Å². The minimum Gasteiger partial charge on any atom is -0.493 e. The Labute approximate surface area is 119 Å². The summed E-state index contributed by atoms with van der Waals surface area (Å²) in [5.41, 5.74) is 7.17. The second-order valence-corrected chi connectivity index (χ2v) is 4.25. The van der Waals surface area contributed by atoms with E-state index >= 15 is 0 Å². The van der Waals surface area contributed by atoms with Crippen LogP contribution in [0, 0.1) is 0 Å². The summed E-state index contributed by atoms with van der Waals surface area (Å²) in [6.45, 7) is 5.74. The van der Waals surface area contributed by atoms with Crippen molar-refractivity contribution in [1.29, 1.82) is 0 Å². The zero-order chi connectivity index (χ0) is 15.1. The molecule has 1 atom stereocenters. The van der Waals surface area contributed by atoms with Crippen molar-refractivity contribution in [2.75, 3.05) is 20.8 Å². The number of carbonyl (C=O) groups is 1. The van der Waals surface area contributed by atoms with Gasteiger partial charge in [0.2, 0.25) is 0 Å². The van der Waals surface area contributed by atoms with Gasteiger partial charge in [0.05, 0.1) is 20.8 Å². The van der Waals surface area contributed by atoms with Crippen molar-refractivity contribution in [2.24, 2.45) is 5.73 Å². The van der Waals surface area contributed by atoms with Gasteiger partial charge in [-0.2, -0.15) is 0 Å². The number of nitrogens with two attached hydrogens (primary N) is 1. The first-order valence-electron chi connectivity index (χ1n) is 6.35. The van der Waals surface area contributed by atoms with E-state index in [0.717, 1.165) is 5.56 Å². The average Bonchev–Trinajstić information content (AvgIpc) is 2.46. The number of hydrogen-bond acceptors (Lipinski definition) is 5. The van der Waals surface area contributed by atoms with E-state index in [1.165, 1.54) is 0 Å². The molecule has 5 nitrogen and oxygen atoms in total. The highest BCUT2D eigenvalue weighted by Gasteiger charge is 2.17. The molecular weight excluding hydrogens is 258 g/mol. The Hall–Kier alpha value is -2.01. The van der Waals surface area contributed by atoms with Crippen LogP contribution in [-0.4, -0.2) is 32.8 Å². The van der Waals surface area contributed by atoms with Crippen LogP contribution in [0.15, 0.2) is 30.4 Å². The highest BCUT2D eigenvalue weighted by molar-refractivity contribution is 5.89. The van der Waals surface area contributed by atoms with Gasteiger partial charge in [0.15, 0.2) is 11.5 Å². The van der Waals surface area contributed by atoms with Gasteiger partial charge < -0.3 is 19.9 Å². The van der Waals surface area contributed by atoms with E-state index in [-0.39, 0.29) is 5.57 Å². The largest absolute Gasteiger partial charge is 0.493 e. The number of benzene rings is 1. The van der Waals surface area contributed by atoms with Gasteiger partial charge in [0.25, 0.3) is 0 Å². The van der Waals surface area contributed by atoms with E-state index in [9.17, 15) is 4.79 Å². The second kappa shape index (κ2) is 7.55. The van der Waals surface area contributed by atoms with Crippen LogP contribution >= 0.6 is 0 Å². The smallest absolute Gasteiger partial charge is 0.334 e. The molecule has 0 bridgehead atoms. The van der Waals surface area contributed by atoms with Crippen LogP contribution in [0.1, 0.15) is 12.5 Å². The number of ether oxygens (including phenoxy) is 3. The highest BCUT2D eigenvalue weighted by atomic mass is 16.5. The van der Waals surface area contributed by atoms with Gasteiger partial charge in [0.1, 0.15) is 0 Å². The summed E-state index contributed by atoms with van der Waals surface area (Å²) in [5, 5.41) is 0. The van der Waals surface area contributed by atoms with Gasteiger partial charge >= 0.3 is 5.97 Å². The van der Waals surface area contributed by atoms with Crippen LogP contribution in [0.5, 0.6) is 11.5 Å². The SMILES string of the molecule is C=C(C(=O)OCC)C(N)Cc1ccc(OC)c(OC)c1. The number of carbonyl (C=O) groups excluding carboxylic acids is 1. The van der Waals surface area contributed by atoms with Crippen molar-refractivity contribution in [2.45, 2.75) is 19.4 Å². The van der Waals surface area contributed by atoms with Crippen LogP contribution in [0.25, 0.3) is 0 Å². The Morgan fingerprint density at radius 2 is 1.95 bits per heavy atom. The molecule has 0 amide bonds. The van der Waals surface area contributed by atoms with Crippen LogP contribution < -0.4 is 15.2 Å². The fraction of sp³-hybridized carbons (Fsp3) is 0.400. The van der Waals surface area contributed by atoms with E-state index in [1.54, 1.807) is 27.2 Å². The molecule has 0 radical (unpaired) electrons. The molecule has 0 aliphatic rings. The van der Waals surface area contributed by atoms with Crippen molar-refractivity contribution >= 4 is 5.97 Å². The van der Waals surface area contributed by atoms with Crippen LogP contribution in [0.3, 0.4) is 0 Å². The molecular formula is C15H21NO4. The Morgan fingerprint density at radius 3 is 2.50 bits per heavy atom. The molecule has 0 saturated heterocycles. The van der Waals surface area contributed by atoms with Crippen LogP contribution in [-0.2, 0) is 16.0 Å². The molecule has 0 aromatic heterocycles. The van der Waals surface area contributed by atoms with Gasteiger partial charge in [-0.05, 0) is 31.0 Å². The van der Waals surface area contributed by atoms with Crippen molar-refractivity contribution < 1.29 is 19.0 Å². The quantitative estimate of drug-likeness (QED) is 0.607. The fourth-order valence-corrected chi connectivity index (χ4v) is 1.76. The minimum atomic E-state index is -0.493. The van der Waals surface area contributed by atoms with Gasteiger partial charge in [-0.25, -0.2) is 4.79 Å². The van der Waals surface area contributed by atoms with Crippen LogP contribution in [0.2, 0.25) is 0 Å². The second-order valence-electron chi connectivity index (χ2n) is 4.25. The maximum absolute atomic E-state index is 11.6. The zero-order valence-corrected chi connectivity index (χ0v) is 12.1. The third-order valence-electron chi connectivity index (χ3n) is 2.89. The summed E-state index contributed by atoms with van der Waals surface area (Å²) >= 11 is 0. The van der Waals surface area contributed by atoms with E-state index in [2.05, 4.69) is 6.58 Å². The predicted molar refractivity (Wildman–Crippen MR) is 77.0 cm³/mol. The Bertz CT molecular complexity index is 485. The average molecular weight is 279 g/mol. The summed E-state index contributed by atoms with van der Waals surface area (Å²) in [7, 11) is 3.14. The summed E-state index contributed by atoms with van der Waals surface area (Å²) in [4.78, 5) is 11.6. The predicted octanol–water partition coefficient (Wildman–Crippen LogP) is 1.69.